The van der Waals surface area contributed by atoms with Gasteiger partial charge in [0.05, 0.1) is 18.6 Å². The third kappa shape index (κ3) is 2.50. The van der Waals surface area contributed by atoms with Crippen molar-refractivity contribution in [1.82, 2.24) is 19.4 Å². The lowest BCUT2D eigenvalue weighted by Crippen LogP contribution is -2.44. The van der Waals surface area contributed by atoms with Crippen molar-refractivity contribution in [3.8, 4) is 11.5 Å². The zero-order valence-electron chi connectivity index (χ0n) is 13.8. The van der Waals surface area contributed by atoms with Crippen LogP contribution < -0.4 is 9.47 Å². The van der Waals surface area contributed by atoms with E-state index in [9.17, 15) is 4.79 Å². The number of rotatable bonds is 3. The minimum atomic E-state index is -0.353. The fourth-order valence-electron chi connectivity index (χ4n) is 3.29. The van der Waals surface area contributed by atoms with Crippen molar-refractivity contribution in [2.45, 2.75) is 19.1 Å². The minimum Gasteiger partial charge on any atom is -0.454 e. The molecule has 2 aliphatic rings. The molecule has 1 aromatic carbocycles. The average molecular weight is 328 g/mol. The van der Waals surface area contributed by atoms with Crippen LogP contribution in [-0.4, -0.2) is 52.7 Å². The summed E-state index contributed by atoms with van der Waals surface area (Å²) in [4.78, 5) is 21.1. The lowest BCUT2D eigenvalue weighted by atomic mass is 10.0. The summed E-state index contributed by atoms with van der Waals surface area (Å²) in [6.07, 6.45) is 3.64. The van der Waals surface area contributed by atoms with Crippen molar-refractivity contribution in [2.24, 2.45) is 0 Å². The molecule has 1 atom stereocenters. The molecule has 7 heteroatoms. The highest BCUT2D eigenvalue weighted by molar-refractivity contribution is 5.83. The van der Waals surface area contributed by atoms with Gasteiger partial charge in [-0.2, -0.15) is 0 Å². The second kappa shape index (κ2) is 5.83. The first-order valence-corrected chi connectivity index (χ1v) is 7.97. The van der Waals surface area contributed by atoms with Crippen LogP contribution in [0.5, 0.6) is 11.5 Å². The Hall–Kier alpha value is -2.54. The molecular formula is C17H20N4O3. The highest BCUT2D eigenvalue weighted by Crippen LogP contribution is 2.35. The number of nitrogens with zero attached hydrogens (tertiary/aromatic N) is 4. The van der Waals surface area contributed by atoms with Crippen LogP contribution in [0.4, 0.5) is 0 Å². The van der Waals surface area contributed by atoms with Gasteiger partial charge in [-0.3, -0.25) is 9.69 Å². The summed E-state index contributed by atoms with van der Waals surface area (Å²) in [6.45, 7) is 2.29. The molecule has 126 valence electrons. The first-order chi connectivity index (χ1) is 11.6. The van der Waals surface area contributed by atoms with Crippen molar-refractivity contribution in [1.29, 1.82) is 0 Å². The first kappa shape index (κ1) is 15.0. The minimum absolute atomic E-state index is 0.0892. The quantitative estimate of drug-likeness (QED) is 0.849. The van der Waals surface area contributed by atoms with Crippen LogP contribution in [-0.2, 0) is 17.9 Å². The van der Waals surface area contributed by atoms with Crippen molar-refractivity contribution < 1.29 is 14.3 Å². The van der Waals surface area contributed by atoms with Crippen LogP contribution in [0.3, 0.4) is 0 Å². The van der Waals surface area contributed by atoms with E-state index in [0.29, 0.717) is 18.8 Å². The SMILES string of the molecule is CN(C)C(C(=O)N1CCn2cncc2C1)c1ccc2c(c1)OCO2. The summed E-state index contributed by atoms with van der Waals surface area (Å²) in [5.41, 5.74) is 1.98. The normalized spacial score (nSPS) is 17.0. The number of hydrogen-bond donors (Lipinski definition) is 0. The van der Waals surface area contributed by atoms with Crippen LogP contribution in [0.1, 0.15) is 17.3 Å². The predicted octanol–water partition coefficient (Wildman–Crippen LogP) is 1.26. The van der Waals surface area contributed by atoms with Gasteiger partial charge in [-0.25, -0.2) is 4.98 Å². The lowest BCUT2D eigenvalue weighted by molar-refractivity contribution is -0.137. The third-order valence-corrected chi connectivity index (χ3v) is 4.54. The Bertz CT molecular complexity index is 771. The molecule has 3 heterocycles. The van der Waals surface area contributed by atoms with Gasteiger partial charge in [0.1, 0.15) is 6.04 Å². The standard InChI is InChI=1S/C17H20N4O3/c1-19(2)16(12-3-4-14-15(7-12)24-11-23-14)17(22)20-5-6-21-10-18-8-13(21)9-20/h3-4,7-8,10,16H,5-6,9,11H2,1-2H3. The molecule has 0 saturated carbocycles. The first-order valence-electron chi connectivity index (χ1n) is 7.97. The maximum atomic E-state index is 13.2. The number of ether oxygens (including phenoxy) is 2. The van der Waals surface area contributed by atoms with E-state index >= 15 is 0 Å². The number of carbonyl (C=O) groups excluding carboxylic acids is 1. The summed E-state index contributed by atoms with van der Waals surface area (Å²) in [5, 5.41) is 0. The Morgan fingerprint density at radius 3 is 2.92 bits per heavy atom. The van der Waals surface area contributed by atoms with Gasteiger partial charge < -0.3 is 18.9 Å². The molecule has 2 aromatic rings. The Morgan fingerprint density at radius 1 is 1.25 bits per heavy atom. The van der Waals surface area contributed by atoms with Gasteiger partial charge in [0, 0.05) is 19.3 Å². The number of fused-ring (bicyclic) bond motifs is 2. The van der Waals surface area contributed by atoms with Crippen molar-refractivity contribution >= 4 is 5.91 Å². The molecule has 0 bridgehead atoms. The number of amides is 1. The molecule has 0 radical (unpaired) electrons. The van der Waals surface area contributed by atoms with E-state index in [4.69, 9.17) is 9.47 Å². The average Bonchev–Trinajstić information content (AvgIpc) is 3.22. The van der Waals surface area contributed by atoms with Gasteiger partial charge in [0.25, 0.3) is 0 Å². The second-order valence-electron chi connectivity index (χ2n) is 6.32. The lowest BCUT2D eigenvalue weighted by Gasteiger charge is -2.33. The summed E-state index contributed by atoms with van der Waals surface area (Å²) in [7, 11) is 3.84. The maximum absolute atomic E-state index is 13.2. The van der Waals surface area contributed by atoms with E-state index in [-0.39, 0.29) is 18.7 Å². The molecule has 7 nitrogen and oxygen atoms in total. The van der Waals surface area contributed by atoms with Crippen LogP contribution in [0.25, 0.3) is 0 Å². The van der Waals surface area contributed by atoms with Gasteiger partial charge >= 0.3 is 0 Å². The van der Waals surface area contributed by atoms with Gasteiger partial charge in [-0.1, -0.05) is 6.07 Å². The number of likely N-dealkylation sites (N-methyl/N-ethyl adjacent to an activating group) is 1. The molecular weight excluding hydrogens is 308 g/mol. The predicted molar refractivity (Wildman–Crippen MR) is 86.6 cm³/mol. The van der Waals surface area contributed by atoms with E-state index in [1.807, 2.05) is 54.6 Å². The monoisotopic (exact) mass is 328 g/mol. The fraction of sp³-hybridized carbons (Fsp3) is 0.412. The zero-order valence-corrected chi connectivity index (χ0v) is 13.8. The van der Waals surface area contributed by atoms with Crippen LogP contribution in [0.15, 0.2) is 30.7 Å². The van der Waals surface area contributed by atoms with Crippen LogP contribution >= 0.6 is 0 Å². The molecule has 0 spiro atoms. The van der Waals surface area contributed by atoms with E-state index < -0.39 is 0 Å². The van der Waals surface area contributed by atoms with E-state index in [1.165, 1.54) is 0 Å². The fourth-order valence-corrected chi connectivity index (χ4v) is 3.29. The number of aromatic nitrogens is 2. The van der Waals surface area contributed by atoms with Crippen LogP contribution in [0.2, 0.25) is 0 Å². The van der Waals surface area contributed by atoms with Crippen LogP contribution in [0, 0.1) is 0 Å². The van der Waals surface area contributed by atoms with Gasteiger partial charge in [0.15, 0.2) is 11.5 Å². The summed E-state index contributed by atoms with van der Waals surface area (Å²) in [6, 6.07) is 5.35. The summed E-state index contributed by atoms with van der Waals surface area (Å²) >= 11 is 0. The second-order valence-corrected chi connectivity index (χ2v) is 6.32. The molecule has 1 amide bonds. The molecule has 0 aliphatic carbocycles. The summed E-state index contributed by atoms with van der Waals surface area (Å²) < 4.78 is 12.9. The molecule has 24 heavy (non-hydrogen) atoms. The molecule has 0 N–H and O–H groups in total. The third-order valence-electron chi connectivity index (χ3n) is 4.54. The molecule has 2 aliphatic heterocycles. The zero-order chi connectivity index (χ0) is 16.7. The Kier molecular flexibility index (Phi) is 3.65. The number of carbonyl (C=O) groups is 1. The van der Waals surface area contributed by atoms with Crippen molar-refractivity contribution in [2.75, 3.05) is 27.4 Å². The van der Waals surface area contributed by atoms with E-state index in [0.717, 1.165) is 23.6 Å². The highest BCUT2D eigenvalue weighted by atomic mass is 16.7. The number of benzene rings is 1. The van der Waals surface area contributed by atoms with Gasteiger partial charge in [-0.05, 0) is 31.8 Å². The van der Waals surface area contributed by atoms with E-state index in [2.05, 4.69) is 9.55 Å². The summed E-state index contributed by atoms with van der Waals surface area (Å²) in [5.74, 6) is 1.51. The molecule has 0 saturated heterocycles. The molecule has 4 rings (SSSR count). The largest absolute Gasteiger partial charge is 0.454 e. The van der Waals surface area contributed by atoms with Crippen molar-refractivity contribution in [3.05, 3.63) is 42.0 Å². The Labute approximate surface area is 140 Å². The van der Waals surface area contributed by atoms with Gasteiger partial charge in [0.2, 0.25) is 12.7 Å². The van der Waals surface area contributed by atoms with E-state index in [1.54, 1.807) is 0 Å². The Morgan fingerprint density at radius 2 is 2.08 bits per heavy atom. The molecule has 1 unspecified atom stereocenters. The molecule has 1 aromatic heterocycles. The highest BCUT2D eigenvalue weighted by Gasteiger charge is 2.31. The number of hydrogen-bond acceptors (Lipinski definition) is 5. The maximum Gasteiger partial charge on any atom is 0.244 e. The number of imidazole rings is 1. The van der Waals surface area contributed by atoms with Crippen molar-refractivity contribution in [3.63, 3.8) is 0 Å². The van der Waals surface area contributed by atoms with Gasteiger partial charge in [-0.15, -0.1) is 0 Å². The topological polar surface area (TPSA) is 59.8 Å². The smallest absolute Gasteiger partial charge is 0.244 e. The molecule has 0 fully saturated rings. The Balaban J connectivity index is 1.60.